The van der Waals surface area contributed by atoms with Crippen molar-refractivity contribution in [1.82, 2.24) is 9.88 Å². The lowest BCUT2D eigenvalue weighted by molar-refractivity contribution is 0.0661. The number of benzene rings is 2. The van der Waals surface area contributed by atoms with E-state index in [0.717, 1.165) is 59.9 Å². The van der Waals surface area contributed by atoms with Crippen molar-refractivity contribution in [3.63, 3.8) is 0 Å². The number of amides is 1. The molecule has 1 fully saturated rings. The number of rotatable bonds is 3. The molecule has 0 aliphatic carbocycles. The summed E-state index contributed by atoms with van der Waals surface area (Å²) in [5.41, 5.74) is 3.93. The van der Waals surface area contributed by atoms with Crippen LogP contribution < -0.4 is 0 Å². The summed E-state index contributed by atoms with van der Waals surface area (Å²) in [5.74, 6) is 1.04. The molecule has 2 aromatic carbocycles. The van der Waals surface area contributed by atoms with Crippen LogP contribution in [0.4, 0.5) is 0 Å². The minimum absolute atomic E-state index is 0.0113. The third-order valence-electron chi connectivity index (χ3n) is 6.04. The summed E-state index contributed by atoms with van der Waals surface area (Å²) in [5, 5.41) is 1.87. The highest BCUT2D eigenvalue weighted by molar-refractivity contribution is 6.06. The van der Waals surface area contributed by atoms with Gasteiger partial charge < -0.3 is 9.32 Å². The van der Waals surface area contributed by atoms with Gasteiger partial charge >= 0.3 is 0 Å². The molecular formula is C25H24N2O2. The van der Waals surface area contributed by atoms with Gasteiger partial charge in [-0.25, -0.2) is 0 Å². The molecule has 1 aliphatic heterocycles. The van der Waals surface area contributed by atoms with Gasteiger partial charge in [0, 0.05) is 29.6 Å². The summed E-state index contributed by atoms with van der Waals surface area (Å²) in [6, 6.07) is 20.4. The van der Waals surface area contributed by atoms with Gasteiger partial charge in [0.25, 0.3) is 5.91 Å². The Bertz CT molecular complexity index is 1170. The number of pyridine rings is 1. The summed E-state index contributed by atoms with van der Waals surface area (Å²) in [6.45, 7) is 3.53. The van der Waals surface area contributed by atoms with Gasteiger partial charge in [-0.2, -0.15) is 0 Å². The van der Waals surface area contributed by atoms with Gasteiger partial charge in [0.1, 0.15) is 5.58 Å². The van der Waals surface area contributed by atoms with E-state index < -0.39 is 0 Å². The highest BCUT2D eigenvalue weighted by Gasteiger charge is 2.26. The van der Waals surface area contributed by atoms with E-state index in [-0.39, 0.29) is 5.91 Å². The second kappa shape index (κ2) is 7.36. The summed E-state index contributed by atoms with van der Waals surface area (Å²) in [4.78, 5) is 19.7. The molecule has 4 aromatic rings. The summed E-state index contributed by atoms with van der Waals surface area (Å²) in [7, 11) is 0. The number of fused-ring (bicyclic) bond motifs is 3. The van der Waals surface area contributed by atoms with Gasteiger partial charge in [-0.3, -0.25) is 9.78 Å². The summed E-state index contributed by atoms with van der Waals surface area (Å²) in [6.07, 6.45) is 3.15. The molecular weight excluding hydrogens is 360 g/mol. The molecule has 0 radical (unpaired) electrons. The Morgan fingerprint density at radius 3 is 2.55 bits per heavy atom. The first kappa shape index (κ1) is 17.9. The van der Waals surface area contributed by atoms with Gasteiger partial charge in [-0.1, -0.05) is 42.5 Å². The zero-order valence-corrected chi connectivity index (χ0v) is 16.6. The molecule has 0 unspecified atom stereocenters. The van der Waals surface area contributed by atoms with E-state index in [0.29, 0.717) is 11.7 Å². The molecule has 1 amide bonds. The first-order valence-electron chi connectivity index (χ1n) is 10.3. The maximum Gasteiger partial charge on any atom is 0.289 e. The fourth-order valence-corrected chi connectivity index (χ4v) is 4.41. The average molecular weight is 384 g/mol. The van der Waals surface area contributed by atoms with Crippen LogP contribution in [0.15, 0.2) is 65.1 Å². The average Bonchev–Trinajstić information content (AvgIpc) is 3.21. The Kier molecular flexibility index (Phi) is 4.55. The van der Waals surface area contributed by atoms with E-state index >= 15 is 0 Å². The van der Waals surface area contributed by atoms with Crippen LogP contribution in [0, 0.1) is 12.8 Å². The van der Waals surface area contributed by atoms with Crippen molar-refractivity contribution in [3.05, 3.63) is 77.7 Å². The number of aryl methyl sites for hydroxylation is 1. The molecule has 0 spiro atoms. The van der Waals surface area contributed by atoms with Crippen molar-refractivity contribution >= 4 is 27.8 Å². The molecule has 4 heteroatoms. The van der Waals surface area contributed by atoms with Crippen LogP contribution >= 0.6 is 0 Å². The Morgan fingerprint density at radius 2 is 1.76 bits per heavy atom. The van der Waals surface area contributed by atoms with Crippen LogP contribution in [0.1, 0.15) is 34.7 Å². The molecule has 0 atom stereocenters. The molecule has 2 aromatic heterocycles. The minimum Gasteiger partial charge on any atom is -0.450 e. The quantitative estimate of drug-likeness (QED) is 0.476. The summed E-state index contributed by atoms with van der Waals surface area (Å²) < 4.78 is 6.07. The van der Waals surface area contributed by atoms with Gasteiger partial charge in [-0.15, -0.1) is 0 Å². The SMILES string of the molecule is Cc1nc2ccccc2c2oc(C(=O)N3CCC(Cc4ccccc4)CC3)cc12. The fraction of sp³-hybridized carbons (Fsp3) is 0.280. The van der Waals surface area contributed by atoms with Crippen LogP contribution in [-0.2, 0) is 6.42 Å². The van der Waals surface area contributed by atoms with Crippen molar-refractivity contribution in [2.75, 3.05) is 13.1 Å². The zero-order valence-electron chi connectivity index (χ0n) is 16.6. The first-order chi connectivity index (χ1) is 14.2. The van der Waals surface area contributed by atoms with E-state index in [1.165, 1.54) is 5.56 Å². The highest BCUT2D eigenvalue weighted by atomic mass is 16.3. The molecule has 29 heavy (non-hydrogen) atoms. The van der Waals surface area contributed by atoms with E-state index in [2.05, 4.69) is 35.3 Å². The van der Waals surface area contributed by atoms with Crippen LogP contribution in [0.5, 0.6) is 0 Å². The number of likely N-dealkylation sites (tertiary alicyclic amines) is 1. The van der Waals surface area contributed by atoms with Crippen LogP contribution in [0.3, 0.4) is 0 Å². The van der Waals surface area contributed by atoms with Crippen molar-refractivity contribution in [2.45, 2.75) is 26.2 Å². The predicted octanol–water partition coefficient (Wildman–Crippen LogP) is 5.38. The monoisotopic (exact) mass is 384 g/mol. The zero-order chi connectivity index (χ0) is 19.8. The molecule has 3 heterocycles. The van der Waals surface area contributed by atoms with Crippen molar-refractivity contribution in [1.29, 1.82) is 0 Å². The molecule has 1 aliphatic rings. The minimum atomic E-state index is -0.0113. The van der Waals surface area contributed by atoms with Crippen LogP contribution in [-0.4, -0.2) is 28.9 Å². The van der Waals surface area contributed by atoms with Crippen molar-refractivity contribution < 1.29 is 9.21 Å². The molecule has 4 nitrogen and oxygen atoms in total. The number of carbonyl (C=O) groups excluding carboxylic acids is 1. The standard InChI is InChI=1S/C25H24N2O2/c1-17-21-16-23(29-24(21)20-9-5-6-10-22(20)26-17)25(28)27-13-11-19(12-14-27)15-18-7-3-2-4-8-18/h2-10,16,19H,11-15H2,1H3. The molecule has 1 saturated heterocycles. The number of nitrogens with zero attached hydrogens (tertiary/aromatic N) is 2. The Labute approximate surface area is 170 Å². The van der Waals surface area contributed by atoms with E-state index in [1.807, 2.05) is 42.2 Å². The Hall–Kier alpha value is -3.14. The molecule has 5 rings (SSSR count). The number of furan rings is 1. The Morgan fingerprint density at radius 1 is 1.03 bits per heavy atom. The third-order valence-corrected chi connectivity index (χ3v) is 6.04. The van der Waals surface area contributed by atoms with E-state index in [1.54, 1.807) is 0 Å². The molecule has 0 saturated carbocycles. The maximum atomic E-state index is 13.1. The molecule has 0 N–H and O–H groups in total. The van der Waals surface area contributed by atoms with Crippen molar-refractivity contribution in [2.24, 2.45) is 5.92 Å². The third kappa shape index (κ3) is 3.39. The number of piperidine rings is 1. The lowest BCUT2D eigenvalue weighted by Crippen LogP contribution is -2.38. The van der Waals surface area contributed by atoms with Gasteiger partial charge in [0.05, 0.1) is 5.52 Å². The van der Waals surface area contributed by atoms with Gasteiger partial charge in [0.15, 0.2) is 5.76 Å². The van der Waals surface area contributed by atoms with Gasteiger partial charge in [0.2, 0.25) is 0 Å². The predicted molar refractivity (Wildman–Crippen MR) is 115 cm³/mol. The largest absolute Gasteiger partial charge is 0.450 e. The van der Waals surface area contributed by atoms with Gasteiger partial charge in [-0.05, 0) is 55.9 Å². The number of hydrogen-bond donors (Lipinski definition) is 0. The second-order valence-electron chi connectivity index (χ2n) is 7.99. The molecule has 0 bridgehead atoms. The van der Waals surface area contributed by atoms with Crippen LogP contribution in [0.2, 0.25) is 0 Å². The fourth-order valence-electron chi connectivity index (χ4n) is 4.41. The smallest absolute Gasteiger partial charge is 0.289 e. The second-order valence-corrected chi connectivity index (χ2v) is 7.99. The number of aromatic nitrogens is 1. The number of hydrogen-bond acceptors (Lipinski definition) is 3. The summed E-state index contributed by atoms with van der Waals surface area (Å²) >= 11 is 0. The van der Waals surface area contributed by atoms with E-state index in [9.17, 15) is 4.79 Å². The first-order valence-corrected chi connectivity index (χ1v) is 10.3. The van der Waals surface area contributed by atoms with Crippen LogP contribution in [0.25, 0.3) is 21.9 Å². The highest BCUT2D eigenvalue weighted by Crippen LogP contribution is 2.30. The topological polar surface area (TPSA) is 46.3 Å². The molecule has 146 valence electrons. The lowest BCUT2D eigenvalue weighted by Gasteiger charge is -2.31. The normalized spacial score (nSPS) is 15.3. The maximum absolute atomic E-state index is 13.1. The Balaban J connectivity index is 1.34. The van der Waals surface area contributed by atoms with Crippen molar-refractivity contribution in [3.8, 4) is 0 Å². The number of carbonyl (C=O) groups is 1. The van der Waals surface area contributed by atoms with E-state index in [4.69, 9.17) is 4.42 Å². The number of para-hydroxylation sites is 1. The lowest BCUT2D eigenvalue weighted by atomic mass is 9.90.